The summed E-state index contributed by atoms with van der Waals surface area (Å²) in [5.41, 5.74) is 0. The van der Waals surface area contributed by atoms with Crippen molar-refractivity contribution >= 4 is 11.9 Å². The van der Waals surface area contributed by atoms with Crippen molar-refractivity contribution in [2.45, 2.75) is 38.1 Å². The molecule has 0 radical (unpaired) electrons. The molecule has 0 aromatic rings. The summed E-state index contributed by atoms with van der Waals surface area (Å²) in [6.07, 6.45) is 3.21. The Bertz CT molecular complexity index is 242. The normalized spacial score (nSPS) is 26.1. The highest BCUT2D eigenvalue weighted by Gasteiger charge is 2.25. The maximum atomic E-state index is 10.7. The van der Waals surface area contributed by atoms with Crippen LogP contribution in [0.2, 0.25) is 0 Å². The third-order valence-electron chi connectivity index (χ3n) is 2.81. The average molecular weight is 215 g/mol. The predicted octanol–water partition coefficient (Wildman–Crippen LogP) is 0.694. The van der Waals surface area contributed by atoms with E-state index in [0.717, 1.165) is 12.8 Å². The summed E-state index contributed by atoms with van der Waals surface area (Å²) < 4.78 is 0. The zero-order valence-corrected chi connectivity index (χ0v) is 8.61. The average Bonchev–Trinajstić information content (AvgIpc) is 2.17. The van der Waals surface area contributed by atoms with Gasteiger partial charge in [0.2, 0.25) is 0 Å². The number of nitrogens with one attached hydrogen (secondary N) is 1. The van der Waals surface area contributed by atoms with Crippen molar-refractivity contribution in [3.8, 4) is 0 Å². The third-order valence-corrected chi connectivity index (χ3v) is 2.81. The lowest BCUT2D eigenvalue weighted by molar-refractivity contribution is -0.141. The van der Waals surface area contributed by atoms with Crippen molar-refractivity contribution < 1.29 is 19.8 Å². The van der Waals surface area contributed by atoms with E-state index in [-0.39, 0.29) is 6.42 Å². The molecule has 0 bridgehead atoms. The molecule has 0 saturated carbocycles. The monoisotopic (exact) mass is 215 g/mol. The van der Waals surface area contributed by atoms with Crippen LogP contribution in [0.25, 0.3) is 0 Å². The molecule has 5 nitrogen and oxygen atoms in total. The van der Waals surface area contributed by atoms with Gasteiger partial charge in [-0.25, -0.2) is 0 Å². The van der Waals surface area contributed by atoms with Gasteiger partial charge in [-0.05, 0) is 38.1 Å². The van der Waals surface area contributed by atoms with Gasteiger partial charge in [-0.3, -0.25) is 9.59 Å². The highest BCUT2D eigenvalue weighted by molar-refractivity contribution is 5.73. The van der Waals surface area contributed by atoms with Crippen LogP contribution in [0.4, 0.5) is 0 Å². The molecule has 2 unspecified atom stereocenters. The van der Waals surface area contributed by atoms with Gasteiger partial charge in [0.05, 0.1) is 0 Å². The lowest BCUT2D eigenvalue weighted by Gasteiger charge is -2.27. The Morgan fingerprint density at radius 1 is 1.33 bits per heavy atom. The standard InChI is InChI=1S/C10H17NO4/c12-9(13)3-1-2-7-4-5-11-8(6-7)10(14)15/h7-8,11H,1-6H2,(H,12,13)(H,14,15). The third kappa shape index (κ3) is 4.29. The molecule has 1 aliphatic rings. The zero-order valence-electron chi connectivity index (χ0n) is 8.61. The van der Waals surface area contributed by atoms with Crippen LogP contribution in [0, 0.1) is 5.92 Å². The molecule has 2 atom stereocenters. The first-order valence-corrected chi connectivity index (χ1v) is 5.27. The molecule has 1 fully saturated rings. The number of hydrogen-bond donors (Lipinski definition) is 3. The van der Waals surface area contributed by atoms with Crippen LogP contribution in [-0.2, 0) is 9.59 Å². The van der Waals surface area contributed by atoms with E-state index in [1.54, 1.807) is 0 Å². The van der Waals surface area contributed by atoms with Crippen LogP contribution in [0.3, 0.4) is 0 Å². The van der Waals surface area contributed by atoms with E-state index in [9.17, 15) is 9.59 Å². The molecule has 5 heteroatoms. The molecule has 0 aromatic heterocycles. The first kappa shape index (κ1) is 12.0. The summed E-state index contributed by atoms with van der Waals surface area (Å²) in [6, 6.07) is -0.450. The molecule has 0 aromatic carbocycles. The van der Waals surface area contributed by atoms with E-state index in [0.29, 0.717) is 25.3 Å². The van der Waals surface area contributed by atoms with Gasteiger partial charge in [0, 0.05) is 6.42 Å². The summed E-state index contributed by atoms with van der Waals surface area (Å²) in [6.45, 7) is 0.717. The molecule has 86 valence electrons. The molecular weight excluding hydrogens is 198 g/mol. The fourth-order valence-corrected chi connectivity index (χ4v) is 1.99. The molecule has 1 heterocycles. The first-order valence-electron chi connectivity index (χ1n) is 5.27. The van der Waals surface area contributed by atoms with E-state index in [1.807, 2.05) is 0 Å². The smallest absolute Gasteiger partial charge is 0.320 e. The maximum absolute atomic E-state index is 10.7. The minimum Gasteiger partial charge on any atom is -0.481 e. The van der Waals surface area contributed by atoms with Gasteiger partial charge in [0.15, 0.2) is 0 Å². The van der Waals surface area contributed by atoms with Crippen LogP contribution in [0.15, 0.2) is 0 Å². The van der Waals surface area contributed by atoms with Gasteiger partial charge in [0.25, 0.3) is 0 Å². The second kappa shape index (κ2) is 5.70. The van der Waals surface area contributed by atoms with Crippen molar-refractivity contribution in [3.05, 3.63) is 0 Å². The van der Waals surface area contributed by atoms with E-state index < -0.39 is 18.0 Å². The minimum absolute atomic E-state index is 0.182. The Balaban J connectivity index is 2.24. The Hall–Kier alpha value is -1.10. The minimum atomic E-state index is -0.807. The van der Waals surface area contributed by atoms with Gasteiger partial charge in [-0.15, -0.1) is 0 Å². The van der Waals surface area contributed by atoms with Crippen LogP contribution in [0.5, 0.6) is 0 Å². The Kier molecular flexibility index (Phi) is 4.55. The molecule has 15 heavy (non-hydrogen) atoms. The molecule has 0 amide bonds. The number of piperidine rings is 1. The second-order valence-corrected chi connectivity index (χ2v) is 4.02. The molecule has 0 aliphatic carbocycles. The van der Waals surface area contributed by atoms with Crippen molar-refractivity contribution in [2.24, 2.45) is 5.92 Å². The fraction of sp³-hybridized carbons (Fsp3) is 0.800. The number of aliphatic carboxylic acids is 2. The molecule has 1 rings (SSSR count). The van der Waals surface area contributed by atoms with Crippen molar-refractivity contribution in [2.75, 3.05) is 6.54 Å². The SMILES string of the molecule is O=C(O)CCCC1CCNC(C(=O)O)C1. The van der Waals surface area contributed by atoms with Gasteiger partial charge in [-0.1, -0.05) is 0 Å². The summed E-state index contributed by atoms with van der Waals surface area (Å²) in [7, 11) is 0. The highest BCUT2D eigenvalue weighted by atomic mass is 16.4. The second-order valence-electron chi connectivity index (χ2n) is 4.02. The summed E-state index contributed by atoms with van der Waals surface area (Å²) >= 11 is 0. The lowest BCUT2D eigenvalue weighted by Crippen LogP contribution is -2.43. The van der Waals surface area contributed by atoms with Crippen molar-refractivity contribution in [1.82, 2.24) is 5.32 Å². The molecular formula is C10H17NO4. The zero-order chi connectivity index (χ0) is 11.3. The Morgan fingerprint density at radius 2 is 2.07 bits per heavy atom. The fourth-order valence-electron chi connectivity index (χ4n) is 1.99. The quantitative estimate of drug-likeness (QED) is 0.628. The van der Waals surface area contributed by atoms with Crippen molar-refractivity contribution in [1.29, 1.82) is 0 Å². The van der Waals surface area contributed by atoms with Crippen LogP contribution in [-0.4, -0.2) is 34.7 Å². The number of carbonyl (C=O) groups is 2. The predicted molar refractivity (Wildman–Crippen MR) is 53.6 cm³/mol. The molecule has 0 spiro atoms. The Labute approximate surface area is 88.5 Å². The number of carboxylic acids is 2. The Morgan fingerprint density at radius 3 is 2.67 bits per heavy atom. The van der Waals surface area contributed by atoms with Crippen LogP contribution in [0.1, 0.15) is 32.1 Å². The summed E-state index contributed by atoms with van der Waals surface area (Å²) in [5, 5.41) is 20.2. The van der Waals surface area contributed by atoms with Crippen LogP contribution >= 0.6 is 0 Å². The molecule has 1 saturated heterocycles. The number of carboxylic acid groups (broad SMARTS) is 2. The number of hydrogen-bond acceptors (Lipinski definition) is 3. The van der Waals surface area contributed by atoms with Crippen molar-refractivity contribution in [3.63, 3.8) is 0 Å². The number of rotatable bonds is 5. The summed E-state index contributed by atoms with van der Waals surface area (Å²) in [5.74, 6) is -1.23. The van der Waals surface area contributed by atoms with Gasteiger partial charge in [-0.2, -0.15) is 0 Å². The highest BCUT2D eigenvalue weighted by Crippen LogP contribution is 2.22. The van der Waals surface area contributed by atoms with Gasteiger partial charge in [0.1, 0.15) is 6.04 Å². The van der Waals surface area contributed by atoms with Gasteiger partial charge >= 0.3 is 11.9 Å². The topological polar surface area (TPSA) is 86.6 Å². The largest absolute Gasteiger partial charge is 0.481 e. The molecule has 3 N–H and O–H groups in total. The van der Waals surface area contributed by atoms with E-state index in [2.05, 4.69) is 5.32 Å². The van der Waals surface area contributed by atoms with E-state index >= 15 is 0 Å². The van der Waals surface area contributed by atoms with Gasteiger partial charge < -0.3 is 15.5 Å². The van der Waals surface area contributed by atoms with E-state index in [4.69, 9.17) is 10.2 Å². The lowest BCUT2D eigenvalue weighted by atomic mass is 9.88. The maximum Gasteiger partial charge on any atom is 0.320 e. The first-order chi connectivity index (χ1) is 7.09. The molecule has 1 aliphatic heterocycles. The van der Waals surface area contributed by atoms with E-state index in [1.165, 1.54) is 0 Å². The summed E-state index contributed by atoms with van der Waals surface area (Å²) in [4.78, 5) is 21.0. The van der Waals surface area contributed by atoms with Crippen LogP contribution < -0.4 is 5.32 Å².